The Morgan fingerprint density at radius 3 is 1.05 bits per heavy atom. The van der Waals surface area contributed by atoms with Crippen molar-refractivity contribution < 1.29 is 118 Å². The first kappa shape index (κ1) is 85.6. The average molecular weight is 1500 g/mol. The van der Waals surface area contributed by atoms with Gasteiger partial charge in [-0.05, 0) is 107 Å². The fourth-order valence-corrected chi connectivity index (χ4v) is 13.2. The van der Waals surface area contributed by atoms with Gasteiger partial charge in [0.2, 0.25) is 41.4 Å². The van der Waals surface area contributed by atoms with Gasteiger partial charge in [0, 0.05) is 130 Å². The summed E-state index contributed by atoms with van der Waals surface area (Å²) in [6, 6.07) is -0.256. The molecule has 0 aliphatic carbocycles. The monoisotopic (exact) mass is 1500 g/mol. The largest absolute Gasteiger partial charge is 0.481 e. The van der Waals surface area contributed by atoms with Gasteiger partial charge in [0.25, 0.3) is 0 Å². The van der Waals surface area contributed by atoms with Crippen LogP contribution >= 0.6 is 21.6 Å². The number of aromatic amines is 3. The van der Waals surface area contributed by atoms with Crippen molar-refractivity contribution in [3.05, 3.63) is 79.1 Å². The van der Waals surface area contributed by atoms with Gasteiger partial charge < -0.3 is 97.8 Å². The maximum Gasteiger partial charge on any atom is 0.303 e. The molecule has 4 aromatic heterocycles. The van der Waals surface area contributed by atoms with Crippen molar-refractivity contribution in [2.24, 2.45) is 0 Å². The number of Topliss-reactive ketones (excluding diaryl/α,β-unsaturated/α-hetero) is 1. The Bertz CT molecular complexity index is 3150. The lowest BCUT2D eigenvalue weighted by Gasteiger charge is -2.37. The van der Waals surface area contributed by atoms with Gasteiger partial charge in [0.1, 0.15) is 16.9 Å². The number of carbonyl (C=O) groups is 16. The fraction of sp³-hybridized carbons (Fsp3) is 0.531. The summed E-state index contributed by atoms with van der Waals surface area (Å²) in [5.41, 5.74) is -7.69. The summed E-state index contributed by atoms with van der Waals surface area (Å²) in [7, 11) is 2.41. The zero-order valence-electron chi connectivity index (χ0n) is 56.6. The number of aromatic nitrogens is 7. The number of H-pyrrole nitrogens is 3. The number of pyridine rings is 1. The molecular formula is C64H86N14O24S2. The molecule has 38 nitrogen and oxygen atoms in total. The lowest BCUT2D eigenvalue weighted by Crippen LogP contribution is -2.54. The van der Waals surface area contributed by atoms with Gasteiger partial charge in [0.15, 0.2) is 12.1 Å². The summed E-state index contributed by atoms with van der Waals surface area (Å²) in [4.78, 5) is 235. The van der Waals surface area contributed by atoms with E-state index in [1.807, 2.05) is 0 Å². The van der Waals surface area contributed by atoms with E-state index in [4.69, 9.17) is 0 Å². The molecular weight excluding hydrogens is 1410 g/mol. The molecule has 7 amide bonds. The fourth-order valence-electron chi connectivity index (χ4n) is 11.3. The van der Waals surface area contributed by atoms with Crippen molar-refractivity contribution in [1.29, 1.82) is 0 Å². The molecule has 568 valence electrons. The molecule has 0 aromatic carbocycles. The number of ketones is 1. The maximum atomic E-state index is 14.7. The summed E-state index contributed by atoms with van der Waals surface area (Å²) in [5.74, 6) is -18.3. The van der Waals surface area contributed by atoms with Crippen LogP contribution in [0.15, 0.2) is 67.0 Å². The summed E-state index contributed by atoms with van der Waals surface area (Å²) in [6.07, 6.45) is -5.04. The number of nitrogens with one attached hydrogen (secondary N) is 10. The summed E-state index contributed by atoms with van der Waals surface area (Å²) in [5, 5.41) is 96.7. The second kappa shape index (κ2) is 42.6. The molecule has 40 heteroatoms. The van der Waals surface area contributed by atoms with E-state index >= 15 is 0 Å². The zero-order valence-corrected chi connectivity index (χ0v) is 58.2. The van der Waals surface area contributed by atoms with E-state index in [1.54, 1.807) is 24.4 Å². The van der Waals surface area contributed by atoms with Crippen molar-refractivity contribution in [1.82, 2.24) is 72.1 Å². The molecule has 4 heterocycles. The molecule has 0 saturated heterocycles. The molecule has 0 bridgehead atoms. The van der Waals surface area contributed by atoms with Crippen LogP contribution in [-0.2, 0) is 76.7 Å². The minimum atomic E-state index is -1.95. The molecule has 0 aliphatic heterocycles. The predicted molar refractivity (Wildman–Crippen MR) is 362 cm³/mol. The first-order valence-corrected chi connectivity index (χ1v) is 35.0. The minimum absolute atomic E-state index is 0.0824. The minimum Gasteiger partial charge on any atom is -0.481 e. The van der Waals surface area contributed by atoms with Crippen molar-refractivity contribution in [2.75, 3.05) is 5.75 Å². The summed E-state index contributed by atoms with van der Waals surface area (Å²) >= 11 is 0. The summed E-state index contributed by atoms with van der Waals surface area (Å²) in [6.45, 7) is 1.23. The van der Waals surface area contributed by atoms with Crippen molar-refractivity contribution in [3.63, 3.8) is 0 Å². The number of carboxylic acids is 8. The van der Waals surface area contributed by atoms with E-state index in [2.05, 4.69) is 72.1 Å². The third-order valence-corrected chi connectivity index (χ3v) is 19.2. The molecule has 0 radical (unpaired) electrons. The Kier molecular flexibility index (Phi) is 35.1. The normalized spacial score (nSPS) is 12.9. The summed E-state index contributed by atoms with van der Waals surface area (Å²) < 4.78 is 0. The van der Waals surface area contributed by atoms with Crippen LogP contribution in [0.25, 0.3) is 0 Å². The van der Waals surface area contributed by atoms with Crippen molar-refractivity contribution in [2.45, 2.75) is 213 Å². The Hall–Kier alpha value is -10.8. The molecule has 0 fully saturated rings. The number of amides is 7. The average Bonchev–Trinajstić information content (AvgIpc) is 0.959. The number of rotatable bonds is 54. The standard InChI is InChI=1S/C64H86N14O24S2/c1-38(79)5-18-62(22-9-47(84)85,23-10-48(86)87)76-58(100)55(39-32-65-35-69-39)72-42(80)6-19-61(75-45(83)17-31-103-104-46-4-2-3-30-68-46,20-7-43(81)73-56(40-33-66-36-70-40)59(101)77-63(24-11-49(88)89,25-12-50(90)91)26-13-51(92)93)21-8-44(82)74-57(41-34-67-37-71-41)60(102)78-64(27-14-52(94)95,28-15-53(96)97)29-16-54(98)99/h2-4,30,32-37,55-57H,5-29,31H2,1H3,(H,65,69)(H,66,70)(H,67,71)(H,72,80)(H,73,81)(H,74,82)(H,75,83)(H,76,100)(H,77,101)(H,78,102)(H,84,85)(H,86,87)(H,88,89)(H,90,91)(H,92,93)(H,94,95)(H,96,97)(H,98,99). The van der Waals surface area contributed by atoms with Crippen molar-refractivity contribution in [3.8, 4) is 0 Å². The van der Waals surface area contributed by atoms with Crippen LogP contribution in [-0.4, -0.2) is 199 Å². The smallest absolute Gasteiger partial charge is 0.303 e. The van der Waals surface area contributed by atoms with Crippen LogP contribution in [0.4, 0.5) is 0 Å². The van der Waals surface area contributed by atoms with E-state index in [9.17, 15) is 118 Å². The Morgan fingerprint density at radius 2 is 0.740 bits per heavy atom. The second-order valence-electron chi connectivity index (χ2n) is 24.8. The Morgan fingerprint density at radius 1 is 0.404 bits per heavy atom. The molecule has 0 aliphatic rings. The third-order valence-electron chi connectivity index (χ3n) is 16.9. The van der Waals surface area contributed by atoms with Crippen LogP contribution in [0.1, 0.15) is 203 Å². The van der Waals surface area contributed by atoms with E-state index in [0.29, 0.717) is 5.03 Å². The number of carbonyl (C=O) groups excluding carboxylic acids is 8. The molecule has 104 heavy (non-hydrogen) atoms. The predicted octanol–water partition coefficient (Wildman–Crippen LogP) is 3.00. The third kappa shape index (κ3) is 31.6. The molecule has 18 N–H and O–H groups in total. The number of carboxylic acid groups (broad SMARTS) is 8. The number of hydrogen-bond donors (Lipinski definition) is 18. The van der Waals surface area contributed by atoms with Gasteiger partial charge in [-0.3, -0.25) is 71.9 Å². The second-order valence-corrected chi connectivity index (χ2v) is 27.2. The van der Waals surface area contributed by atoms with Crippen LogP contribution in [0, 0.1) is 0 Å². The highest BCUT2D eigenvalue weighted by Gasteiger charge is 2.42. The molecule has 0 spiro atoms. The van der Waals surface area contributed by atoms with Gasteiger partial charge in [-0.2, -0.15) is 0 Å². The zero-order chi connectivity index (χ0) is 77.0. The molecule has 4 rings (SSSR count). The number of hydrogen-bond acceptors (Lipinski definition) is 22. The topological polar surface area (TPSA) is 618 Å². The molecule has 4 aromatic rings. The number of nitrogens with zero attached hydrogens (tertiary/aromatic N) is 4. The van der Waals surface area contributed by atoms with Gasteiger partial charge in [0.05, 0.1) is 42.3 Å². The van der Waals surface area contributed by atoms with Gasteiger partial charge in [-0.15, -0.1) is 0 Å². The molecule has 4 unspecified atom stereocenters. The van der Waals surface area contributed by atoms with E-state index in [1.165, 1.54) is 40.9 Å². The molecule has 4 atom stereocenters. The highest BCUT2D eigenvalue weighted by molar-refractivity contribution is 8.76. The Balaban J connectivity index is 1.89. The van der Waals surface area contributed by atoms with Crippen LogP contribution in [0.2, 0.25) is 0 Å². The van der Waals surface area contributed by atoms with Gasteiger partial charge >= 0.3 is 47.8 Å². The SMILES string of the molecule is CC(=O)CCC(CCC(=O)O)(CCC(=O)O)NC(=O)C(NC(=O)CCC(CCC(=O)NC(C(=O)NC(CCC(=O)O)(CCC(=O)O)CCC(=O)O)c1c[nH]cn1)(CCC(=O)NC(C(=O)NC(CCC(=O)O)(CCC(=O)O)CCC(=O)O)c1cnc[nH]1)NC(=O)CCSSc1ccccn1)c1c[nH]cn1. The first-order chi connectivity index (χ1) is 49.2. The quantitative estimate of drug-likeness (QED) is 0.0223. The highest BCUT2D eigenvalue weighted by atomic mass is 33.1. The van der Waals surface area contributed by atoms with Crippen molar-refractivity contribution >= 4 is 116 Å². The van der Waals surface area contributed by atoms with E-state index in [-0.39, 0.29) is 54.9 Å². The Labute approximate surface area is 601 Å². The number of imidazole rings is 3. The van der Waals surface area contributed by atoms with Crippen LogP contribution in [0.3, 0.4) is 0 Å². The lowest BCUT2D eigenvalue weighted by molar-refractivity contribution is -0.141. The van der Waals surface area contributed by atoms with Gasteiger partial charge in [-0.25, -0.2) is 19.9 Å². The first-order valence-electron chi connectivity index (χ1n) is 32.7. The van der Waals surface area contributed by atoms with E-state index in [0.717, 1.165) is 25.2 Å². The number of aliphatic carboxylic acids is 8. The highest BCUT2D eigenvalue weighted by Crippen LogP contribution is 2.34. The molecule has 0 saturated carbocycles. The van der Waals surface area contributed by atoms with E-state index < -0.39 is 264 Å². The maximum absolute atomic E-state index is 14.7. The van der Waals surface area contributed by atoms with Crippen LogP contribution < -0.4 is 37.2 Å². The van der Waals surface area contributed by atoms with Gasteiger partial charge in [-0.1, -0.05) is 16.9 Å². The van der Waals surface area contributed by atoms with Crippen LogP contribution in [0.5, 0.6) is 0 Å². The lowest BCUT2D eigenvalue weighted by atomic mass is 9.82.